The van der Waals surface area contributed by atoms with Crippen molar-refractivity contribution in [2.75, 3.05) is 5.32 Å². The number of anilines is 1. The van der Waals surface area contributed by atoms with Crippen molar-refractivity contribution in [1.29, 1.82) is 0 Å². The topological polar surface area (TPSA) is 42.0 Å². The van der Waals surface area contributed by atoms with Crippen molar-refractivity contribution in [3.05, 3.63) is 56.5 Å². The van der Waals surface area contributed by atoms with Gasteiger partial charge in [-0.05, 0) is 40.2 Å². The molecule has 0 spiro atoms. The summed E-state index contributed by atoms with van der Waals surface area (Å²) in [6.45, 7) is 0. The zero-order valence-electron chi connectivity index (χ0n) is 9.25. The van der Waals surface area contributed by atoms with Gasteiger partial charge in [-0.2, -0.15) is 0 Å². The van der Waals surface area contributed by atoms with Gasteiger partial charge in [0.05, 0.1) is 11.3 Å². The molecule has 1 N–H and O–H groups in total. The Hall–Kier alpha value is -1.17. The van der Waals surface area contributed by atoms with Crippen LogP contribution in [-0.4, -0.2) is 10.9 Å². The van der Waals surface area contributed by atoms with Gasteiger partial charge in [0.25, 0.3) is 5.91 Å². The number of amides is 1. The molecule has 2 rings (SSSR count). The van der Waals surface area contributed by atoms with E-state index in [-0.39, 0.29) is 21.4 Å². The minimum Gasteiger partial charge on any atom is -0.319 e. The molecule has 98 valence electrons. The number of aromatic nitrogens is 1. The quantitative estimate of drug-likeness (QED) is 0.795. The fraction of sp³-hybridized carbons (Fsp3) is 0. The lowest BCUT2D eigenvalue weighted by atomic mass is 10.2. The first-order chi connectivity index (χ1) is 8.97. The Morgan fingerprint density at radius 1 is 1.32 bits per heavy atom. The molecule has 1 heterocycles. The number of benzene rings is 1. The monoisotopic (exact) mass is 362 g/mol. The van der Waals surface area contributed by atoms with Gasteiger partial charge in [-0.3, -0.25) is 4.79 Å². The lowest BCUT2D eigenvalue weighted by Gasteiger charge is -2.08. The van der Waals surface area contributed by atoms with Crippen LogP contribution >= 0.6 is 39.1 Å². The van der Waals surface area contributed by atoms with Crippen LogP contribution in [-0.2, 0) is 0 Å². The number of pyridine rings is 1. The second-order valence-corrected chi connectivity index (χ2v) is 5.28. The second kappa shape index (κ2) is 5.86. The molecule has 0 saturated heterocycles. The van der Waals surface area contributed by atoms with Gasteiger partial charge in [0.15, 0.2) is 5.15 Å². The molecular formula is C12H6BrCl2FN2O. The molecule has 2 aromatic rings. The Balaban J connectivity index is 2.28. The van der Waals surface area contributed by atoms with Crippen LogP contribution in [0.2, 0.25) is 10.2 Å². The van der Waals surface area contributed by atoms with Gasteiger partial charge in [0, 0.05) is 15.7 Å². The molecule has 7 heteroatoms. The maximum absolute atomic E-state index is 13.6. The van der Waals surface area contributed by atoms with Gasteiger partial charge >= 0.3 is 0 Å². The maximum atomic E-state index is 13.6. The van der Waals surface area contributed by atoms with Gasteiger partial charge in [-0.25, -0.2) is 9.37 Å². The fourth-order valence-corrected chi connectivity index (χ4v) is 2.01. The Morgan fingerprint density at radius 2 is 2.05 bits per heavy atom. The summed E-state index contributed by atoms with van der Waals surface area (Å²) in [6.07, 6.45) is 1.49. The first-order valence-electron chi connectivity index (χ1n) is 5.05. The van der Waals surface area contributed by atoms with E-state index in [1.807, 2.05) is 0 Å². The summed E-state index contributed by atoms with van der Waals surface area (Å²) >= 11 is 14.7. The molecular weight excluding hydrogens is 358 g/mol. The summed E-state index contributed by atoms with van der Waals surface area (Å²) in [5.41, 5.74) is 0.163. The van der Waals surface area contributed by atoms with Crippen LogP contribution < -0.4 is 5.32 Å². The Labute approximate surface area is 126 Å². The summed E-state index contributed by atoms with van der Waals surface area (Å²) < 4.78 is 14.2. The zero-order chi connectivity index (χ0) is 14.0. The van der Waals surface area contributed by atoms with Gasteiger partial charge in [0.2, 0.25) is 0 Å². The van der Waals surface area contributed by atoms with Crippen molar-refractivity contribution in [3.63, 3.8) is 0 Å². The number of carbonyl (C=O) groups is 1. The standard InChI is InChI=1S/C12H6BrCl2FN2O/c13-6-3-10(11(15)17-5-6)18-12(19)8-2-1-7(14)4-9(8)16/h1-5H,(H,18,19). The summed E-state index contributed by atoms with van der Waals surface area (Å²) in [5, 5.41) is 2.82. The van der Waals surface area contributed by atoms with E-state index in [4.69, 9.17) is 23.2 Å². The van der Waals surface area contributed by atoms with Crippen molar-refractivity contribution in [1.82, 2.24) is 4.98 Å². The van der Waals surface area contributed by atoms with Crippen LogP contribution in [0.25, 0.3) is 0 Å². The van der Waals surface area contributed by atoms with Crippen molar-refractivity contribution in [2.24, 2.45) is 0 Å². The molecule has 0 fully saturated rings. The molecule has 1 aromatic heterocycles. The number of hydrogen-bond donors (Lipinski definition) is 1. The van der Waals surface area contributed by atoms with Crippen LogP contribution in [0.5, 0.6) is 0 Å². The number of halogens is 4. The van der Waals surface area contributed by atoms with Crippen molar-refractivity contribution < 1.29 is 9.18 Å². The number of hydrogen-bond acceptors (Lipinski definition) is 2. The van der Waals surface area contributed by atoms with E-state index >= 15 is 0 Å². The van der Waals surface area contributed by atoms with E-state index in [1.165, 1.54) is 18.3 Å². The summed E-state index contributed by atoms with van der Waals surface area (Å²) in [6, 6.07) is 5.37. The molecule has 0 aliphatic rings. The smallest absolute Gasteiger partial charge is 0.258 e. The Bertz CT molecular complexity index is 652. The highest BCUT2D eigenvalue weighted by atomic mass is 79.9. The van der Waals surface area contributed by atoms with Crippen LogP contribution in [0.3, 0.4) is 0 Å². The molecule has 0 unspecified atom stereocenters. The third-order valence-corrected chi connectivity index (χ3v) is 3.20. The molecule has 0 aliphatic heterocycles. The maximum Gasteiger partial charge on any atom is 0.258 e. The molecule has 0 saturated carbocycles. The minimum absolute atomic E-state index is 0.117. The van der Waals surface area contributed by atoms with E-state index in [0.717, 1.165) is 6.07 Å². The third kappa shape index (κ3) is 3.43. The molecule has 3 nitrogen and oxygen atoms in total. The van der Waals surface area contributed by atoms with Crippen LogP contribution in [0.4, 0.5) is 10.1 Å². The predicted molar refractivity (Wildman–Crippen MR) is 76.3 cm³/mol. The molecule has 1 aromatic carbocycles. The third-order valence-electron chi connectivity index (χ3n) is 2.23. The summed E-state index contributed by atoms with van der Waals surface area (Å²) in [7, 11) is 0. The minimum atomic E-state index is -0.705. The fourth-order valence-electron chi connectivity index (χ4n) is 1.37. The molecule has 0 atom stereocenters. The van der Waals surface area contributed by atoms with Crippen molar-refractivity contribution in [3.8, 4) is 0 Å². The molecule has 0 radical (unpaired) electrons. The average molecular weight is 364 g/mol. The average Bonchev–Trinajstić information content (AvgIpc) is 2.33. The zero-order valence-corrected chi connectivity index (χ0v) is 12.4. The van der Waals surface area contributed by atoms with E-state index in [2.05, 4.69) is 26.2 Å². The number of nitrogens with zero attached hydrogens (tertiary/aromatic N) is 1. The highest BCUT2D eigenvalue weighted by molar-refractivity contribution is 9.10. The normalized spacial score (nSPS) is 10.3. The lowest BCUT2D eigenvalue weighted by Crippen LogP contribution is -2.14. The highest BCUT2D eigenvalue weighted by Gasteiger charge is 2.14. The lowest BCUT2D eigenvalue weighted by molar-refractivity contribution is 0.102. The van der Waals surface area contributed by atoms with Crippen LogP contribution in [0, 0.1) is 5.82 Å². The van der Waals surface area contributed by atoms with Gasteiger partial charge in [0.1, 0.15) is 5.82 Å². The first-order valence-corrected chi connectivity index (χ1v) is 6.59. The van der Waals surface area contributed by atoms with Gasteiger partial charge in [-0.15, -0.1) is 0 Å². The van der Waals surface area contributed by atoms with Gasteiger partial charge < -0.3 is 5.32 Å². The van der Waals surface area contributed by atoms with E-state index < -0.39 is 11.7 Å². The Morgan fingerprint density at radius 3 is 2.74 bits per heavy atom. The first kappa shape index (κ1) is 14.2. The van der Waals surface area contributed by atoms with Crippen molar-refractivity contribution in [2.45, 2.75) is 0 Å². The molecule has 1 amide bonds. The SMILES string of the molecule is O=C(Nc1cc(Br)cnc1Cl)c1ccc(Cl)cc1F. The molecule has 19 heavy (non-hydrogen) atoms. The van der Waals surface area contributed by atoms with Gasteiger partial charge in [-0.1, -0.05) is 23.2 Å². The summed E-state index contributed by atoms with van der Waals surface area (Å²) in [4.78, 5) is 15.8. The Kier molecular flexibility index (Phi) is 4.39. The molecule has 0 bridgehead atoms. The van der Waals surface area contributed by atoms with E-state index in [1.54, 1.807) is 6.07 Å². The van der Waals surface area contributed by atoms with E-state index in [9.17, 15) is 9.18 Å². The van der Waals surface area contributed by atoms with Crippen LogP contribution in [0.15, 0.2) is 34.9 Å². The van der Waals surface area contributed by atoms with Crippen LogP contribution in [0.1, 0.15) is 10.4 Å². The number of carbonyl (C=O) groups excluding carboxylic acids is 1. The van der Waals surface area contributed by atoms with E-state index in [0.29, 0.717) is 4.47 Å². The second-order valence-electron chi connectivity index (χ2n) is 3.57. The number of nitrogens with one attached hydrogen (secondary N) is 1. The highest BCUT2D eigenvalue weighted by Crippen LogP contribution is 2.24. The molecule has 0 aliphatic carbocycles. The number of rotatable bonds is 2. The van der Waals surface area contributed by atoms with Crippen molar-refractivity contribution >= 4 is 50.7 Å². The predicted octanol–water partition coefficient (Wildman–Crippen LogP) is 4.54. The largest absolute Gasteiger partial charge is 0.319 e. The summed E-state index contributed by atoms with van der Waals surface area (Å²) in [5.74, 6) is -1.33.